The highest BCUT2D eigenvalue weighted by Gasteiger charge is 2.32. The minimum Gasteiger partial charge on any atom is -0.328 e. The molecule has 1 unspecified atom stereocenters. The molecule has 0 heterocycles. The van der Waals surface area contributed by atoms with Gasteiger partial charge >= 0.3 is 0 Å². The highest BCUT2D eigenvalue weighted by Crippen LogP contribution is 2.36. The number of rotatable bonds is 5. The summed E-state index contributed by atoms with van der Waals surface area (Å²) in [5, 5.41) is 3.44. The monoisotopic (exact) mass is 232 g/mol. The first-order valence-corrected chi connectivity index (χ1v) is 6.76. The second kappa shape index (κ2) is 5.65. The molecule has 0 saturated heterocycles. The maximum absolute atomic E-state index is 5.88. The average Bonchev–Trinajstić information content (AvgIpc) is 2.30. The van der Waals surface area contributed by atoms with E-state index in [1.165, 1.54) is 24.0 Å². The topological polar surface area (TPSA) is 38.0 Å². The second-order valence-corrected chi connectivity index (χ2v) is 5.25. The zero-order valence-corrected chi connectivity index (χ0v) is 10.9. The summed E-state index contributed by atoms with van der Waals surface area (Å²) in [7, 11) is 2.05. The molecule has 0 spiro atoms. The minimum atomic E-state index is 0.426. The first kappa shape index (κ1) is 12.6. The molecular weight excluding hydrogens is 208 g/mol. The van der Waals surface area contributed by atoms with Crippen LogP contribution in [-0.4, -0.2) is 13.1 Å². The van der Waals surface area contributed by atoms with Gasteiger partial charge in [0.2, 0.25) is 0 Å². The molecule has 1 saturated carbocycles. The van der Waals surface area contributed by atoms with E-state index in [1.807, 2.05) is 0 Å². The van der Waals surface area contributed by atoms with Crippen molar-refractivity contribution in [1.82, 2.24) is 5.32 Å². The molecule has 1 aliphatic carbocycles. The summed E-state index contributed by atoms with van der Waals surface area (Å²) in [4.78, 5) is 0. The molecule has 3 N–H and O–H groups in total. The smallest absolute Gasteiger partial charge is 0.0347 e. The van der Waals surface area contributed by atoms with E-state index >= 15 is 0 Å². The SMILES string of the molecule is CCCc1ccc(C(NC)C2CC(N)C2)cc1. The van der Waals surface area contributed by atoms with Gasteiger partial charge in [-0.25, -0.2) is 0 Å². The second-order valence-electron chi connectivity index (χ2n) is 5.25. The molecule has 1 fully saturated rings. The van der Waals surface area contributed by atoms with Crippen molar-refractivity contribution in [2.24, 2.45) is 11.7 Å². The summed E-state index contributed by atoms with van der Waals surface area (Å²) in [5.41, 5.74) is 8.72. The molecular formula is C15H24N2. The largest absolute Gasteiger partial charge is 0.328 e. The van der Waals surface area contributed by atoms with Crippen LogP contribution in [0.3, 0.4) is 0 Å². The highest BCUT2D eigenvalue weighted by atomic mass is 14.9. The molecule has 2 rings (SSSR count). The Morgan fingerprint density at radius 1 is 1.29 bits per heavy atom. The fraction of sp³-hybridized carbons (Fsp3) is 0.600. The van der Waals surface area contributed by atoms with E-state index in [1.54, 1.807) is 0 Å². The maximum Gasteiger partial charge on any atom is 0.0347 e. The Kier molecular flexibility index (Phi) is 4.19. The van der Waals surface area contributed by atoms with Crippen molar-refractivity contribution < 1.29 is 0 Å². The molecule has 2 nitrogen and oxygen atoms in total. The Balaban J connectivity index is 2.03. The van der Waals surface area contributed by atoms with Gasteiger partial charge in [0.15, 0.2) is 0 Å². The molecule has 0 amide bonds. The minimum absolute atomic E-state index is 0.426. The molecule has 2 heteroatoms. The van der Waals surface area contributed by atoms with Crippen LogP contribution in [0.5, 0.6) is 0 Å². The number of nitrogens with one attached hydrogen (secondary N) is 1. The fourth-order valence-corrected chi connectivity index (χ4v) is 2.84. The third-order valence-electron chi connectivity index (χ3n) is 3.87. The van der Waals surface area contributed by atoms with Gasteiger partial charge in [-0.2, -0.15) is 0 Å². The molecule has 17 heavy (non-hydrogen) atoms. The first-order chi connectivity index (χ1) is 8.24. The van der Waals surface area contributed by atoms with Crippen LogP contribution in [0.2, 0.25) is 0 Å². The Hall–Kier alpha value is -0.860. The number of aryl methyl sites for hydroxylation is 1. The standard InChI is InChI=1S/C15H24N2/c1-3-4-11-5-7-12(8-6-11)15(17-2)13-9-14(16)10-13/h5-8,13-15,17H,3-4,9-10,16H2,1-2H3. The van der Waals surface area contributed by atoms with Crippen molar-refractivity contribution in [1.29, 1.82) is 0 Å². The van der Waals surface area contributed by atoms with Gasteiger partial charge in [-0.3, -0.25) is 0 Å². The Labute approximate surface area is 105 Å². The average molecular weight is 232 g/mol. The highest BCUT2D eigenvalue weighted by molar-refractivity contribution is 5.26. The molecule has 1 atom stereocenters. The van der Waals surface area contributed by atoms with E-state index in [9.17, 15) is 0 Å². The van der Waals surface area contributed by atoms with Crippen LogP contribution >= 0.6 is 0 Å². The summed E-state index contributed by atoms with van der Waals surface area (Å²) in [6.45, 7) is 2.22. The van der Waals surface area contributed by atoms with Crippen LogP contribution in [0, 0.1) is 5.92 Å². The molecule has 94 valence electrons. The van der Waals surface area contributed by atoms with Crippen molar-refractivity contribution >= 4 is 0 Å². The van der Waals surface area contributed by atoms with Gasteiger partial charge < -0.3 is 11.1 Å². The molecule has 0 bridgehead atoms. The first-order valence-electron chi connectivity index (χ1n) is 6.76. The lowest BCUT2D eigenvalue weighted by atomic mass is 9.74. The molecule has 1 aromatic rings. The predicted molar refractivity (Wildman–Crippen MR) is 72.9 cm³/mol. The third kappa shape index (κ3) is 2.88. The van der Waals surface area contributed by atoms with Crippen LogP contribution in [0.25, 0.3) is 0 Å². The van der Waals surface area contributed by atoms with Crippen LogP contribution in [0.4, 0.5) is 0 Å². The van der Waals surface area contributed by atoms with Gasteiger partial charge in [0.05, 0.1) is 0 Å². The van der Waals surface area contributed by atoms with Gasteiger partial charge in [-0.1, -0.05) is 37.6 Å². The molecule has 1 aliphatic rings. The predicted octanol–water partition coefficient (Wildman–Crippen LogP) is 2.64. The Morgan fingerprint density at radius 2 is 1.94 bits per heavy atom. The summed E-state index contributed by atoms with van der Waals surface area (Å²) in [5.74, 6) is 0.715. The summed E-state index contributed by atoms with van der Waals surface area (Å²) < 4.78 is 0. The van der Waals surface area contributed by atoms with E-state index in [0.717, 1.165) is 12.8 Å². The normalized spacial score (nSPS) is 25.4. The van der Waals surface area contributed by atoms with Crippen molar-refractivity contribution in [2.75, 3.05) is 7.05 Å². The molecule has 0 radical (unpaired) electrons. The van der Waals surface area contributed by atoms with Crippen LogP contribution in [0.15, 0.2) is 24.3 Å². The summed E-state index contributed by atoms with van der Waals surface area (Å²) in [6, 6.07) is 9.98. The lowest BCUT2D eigenvalue weighted by molar-refractivity contribution is 0.204. The van der Waals surface area contributed by atoms with Crippen molar-refractivity contribution in [3.63, 3.8) is 0 Å². The van der Waals surface area contributed by atoms with E-state index in [0.29, 0.717) is 18.0 Å². The molecule has 0 aliphatic heterocycles. The van der Waals surface area contributed by atoms with E-state index < -0.39 is 0 Å². The van der Waals surface area contributed by atoms with Gasteiger partial charge in [-0.15, -0.1) is 0 Å². The third-order valence-corrected chi connectivity index (χ3v) is 3.87. The maximum atomic E-state index is 5.88. The Bertz CT molecular complexity index is 338. The number of nitrogens with two attached hydrogens (primary N) is 1. The van der Waals surface area contributed by atoms with Crippen molar-refractivity contribution in [3.05, 3.63) is 35.4 Å². The van der Waals surface area contributed by atoms with Gasteiger partial charge in [0.1, 0.15) is 0 Å². The van der Waals surface area contributed by atoms with Gasteiger partial charge in [0.25, 0.3) is 0 Å². The number of benzene rings is 1. The Morgan fingerprint density at radius 3 is 2.41 bits per heavy atom. The molecule has 0 aromatic heterocycles. The van der Waals surface area contributed by atoms with Gasteiger partial charge in [-0.05, 0) is 43.4 Å². The summed E-state index contributed by atoms with van der Waals surface area (Å²) in [6.07, 6.45) is 4.70. The molecule has 1 aromatic carbocycles. The summed E-state index contributed by atoms with van der Waals surface area (Å²) >= 11 is 0. The quantitative estimate of drug-likeness (QED) is 0.819. The lowest BCUT2D eigenvalue weighted by Gasteiger charge is -2.38. The number of hydrogen-bond donors (Lipinski definition) is 2. The zero-order valence-electron chi connectivity index (χ0n) is 10.9. The van der Waals surface area contributed by atoms with Gasteiger partial charge in [0, 0.05) is 12.1 Å². The van der Waals surface area contributed by atoms with E-state index in [-0.39, 0.29) is 0 Å². The fourth-order valence-electron chi connectivity index (χ4n) is 2.84. The number of hydrogen-bond acceptors (Lipinski definition) is 2. The zero-order chi connectivity index (χ0) is 12.3. The van der Waals surface area contributed by atoms with E-state index in [4.69, 9.17) is 5.73 Å². The van der Waals surface area contributed by atoms with Crippen LogP contribution < -0.4 is 11.1 Å². The van der Waals surface area contributed by atoms with Crippen molar-refractivity contribution in [2.45, 2.75) is 44.7 Å². The van der Waals surface area contributed by atoms with Crippen LogP contribution in [0.1, 0.15) is 43.4 Å². The lowest BCUT2D eigenvalue weighted by Crippen LogP contribution is -2.42. The van der Waals surface area contributed by atoms with Crippen LogP contribution in [-0.2, 0) is 6.42 Å². The van der Waals surface area contributed by atoms with Crippen molar-refractivity contribution in [3.8, 4) is 0 Å². The van der Waals surface area contributed by atoms with E-state index in [2.05, 4.69) is 43.6 Å².